The average Bonchev–Trinajstić information content (AvgIpc) is 3.13. The first-order valence-corrected chi connectivity index (χ1v) is 7.63. The predicted molar refractivity (Wildman–Crippen MR) is 76.9 cm³/mol. The summed E-state index contributed by atoms with van der Waals surface area (Å²) in [5.74, 6) is 1.83. The SMILES string of the molecule is CNC(CCc1cccc(C2CCC2)c1)C1CC1. The molecule has 1 heteroatoms. The largest absolute Gasteiger partial charge is 0.317 e. The molecule has 1 aromatic rings. The molecule has 0 saturated heterocycles. The molecular weight excluding hydrogens is 218 g/mol. The highest BCUT2D eigenvalue weighted by Crippen LogP contribution is 2.37. The number of benzene rings is 1. The quantitative estimate of drug-likeness (QED) is 0.799. The van der Waals surface area contributed by atoms with Gasteiger partial charge in [0.25, 0.3) is 0 Å². The number of hydrogen-bond donors (Lipinski definition) is 1. The molecule has 1 aromatic carbocycles. The lowest BCUT2D eigenvalue weighted by Gasteiger charge is -2.26. The summed E-state index contributed by atoms with van der Waals surface area (Å²) in [4.78, 5) is 0. The lowest BCUT2D eigenvalue weighted by atomic mass is 9.79. The van der Waals surface area contributed by atoms with E-state index in [1.807, 2.05) is 0 Å². The summed E-state index contributed by atoms with van der Waals surface area (Å²) in [6.07, 6.45) is 9.66. The van der Waals surface area contributed by atoms with Crippen LogP contribution in [0.15, 0.2) is 24.3 Å². The normalized spacial score (nSPS) is 21.6. The molecule has 0 radical (unpaired) electrons. The molecule has 0 heterocycles. The van der Waals surface area contributed by atoms with Crippen LogP contribution >= 0.6 is 0 Å². The van der Waals surface area contributed by atoms with Gasteiger partial charge >= 0.3 is 0 Å². The summed E-state index contributed by atoms with van der Waals surface area (Å²) in [5.41, 5.74) is 3.13. The van der Waals surface area contributed by atoms with Gasteiger partial charge in [0.1, 0.15) is 0 Å². The van der Waals surface area contributed by atoms with Crippen LogP contribution in [0.2, 0.25) is 0 Å². The maximum atomic E-state index is 3.49. The zero-order chi connectivity index (χ0) is 12.4. The van der Waals surface area contributed by atoms with E-state index in [4.69, 9.17) is 0 Å². The zero-order valence-corrected chi connectivity index (χ0v) is 11.5. The maximum Gasteiger partial charge on any atom is 0.00954 e. The Kier molecular flexibility index (Phi) is 3.69. The van der Waals surface area contributed by atoms with Crippen molar-refractivity contribution in [1.82, 2.24) is 5.32 Å². The van der Waals surface area contributed by atoms with Crippen LogP contribution in [-0.4, -0.2) is 13.1 Å². The van der Waals surface area contributed by atoms with Gasteiger partial charge in [-0.25, -0.2) is 0 Å². The van der Waals surface area contributed by atoms with Gasteiger partial charge in [0.05, 0.1) is 0 Å². The van der Waals surface area contributed by atoms with Gasteiger partial charge in [-0.15, -0.1) is 0 Å². The van der Waals surface area contributed by atoms with E-state index in [1.54, 1.807) is 11.1 Å². The van der Waals surface area contributed by atoms with Crippen LogP contribution in [0.1, 0.15) is 55.6 Å². The topological polar surface area (TPSA) is 12.0 Å². The van der Waals surface area contributed by atoms with E-state index in [0.717, 1.165) is 17.9 Å². The second-order valence-corrected chi connectivity index (χ2v) is 6.14. The highest BCUT2D eigenvalue weighted by atomic mass is 14.9. The van der Waals surface area contributed by atoms with Crippen LogP contribution in [0.4, 0.5) is 0 Å². The molecule has 18 heavy (non-hydrogen) atoms. The summed E-state index contributed by atoms with van der Waals surface area (Å²) >= 11 is 0. The van der Waals surface area contributed by atoms with Gasteiger partial charge < -0.3 is 5.32 Å². The predicted octanol–water partition coefficient (Wildman–Crippen LogP) is 3.88. The van der Waals surface area contributed by atoms with Crippen molar-refractivity contribution in [3.05, 3.63) is 35.4 Å². The van der Waals surface area contributed by atoms with Gasteiger partial charge in [0, 0.05) is 6.04 Å². The lowest BCUT2D eigenvalue weighted by Crippen LogP contribution is -2.27. The van der Waals surface area contributed by atoms with Crippen LogP contribution in [-0.2, 0) is 6.42 Å². The Hall–Kier alpha value is -0.820. The second-order valence-electron chi connectivity index (χ2n) is 6.14. The molecule has 2 aliphatic carbocycles. The minimum absolute atomic E-state index is 0.748. The summed E-state index contributed by atoms with van der Waals surface area (Å²) in [6.45, 7) is 0. The maximum absolute atomic E-state index is 3.49. The van der Waals surface area contributed by atoms with E-state index in [0.29, 0.717) is 0 Å². The Morgan fingerprint density at radius 1 is 1.22 bits per heavy atom. The monoisotopic (exact) mass is 243 g/mol. The van der Waals surface area contributed by atoms with Gasteiger partial charge in [0.2, 0.25) is 0 Å². The molecule has 98 valence electrons. The third-order valence-electron chi connectivity index (χ3n) is 4.83. The van der Waals surface area contributed by atoms with Crippen LogP contribution in [0.25, 0.3) is 0 Å². The first-order chi connectivity index (χ1) is 8.86. The molecule has 0 amide bonds. The van der Waals surface area contributed by atoms with E-state index >= 15 is 0 Å². The second kappa shape index (κ2) is 5.44. The molecule has 0 bridgehead atoms. The Balaban J connectivity index is 1.57. The van der Waals surface area contributed by atoms with Crippen LogP contribution in [0, 0.1) is 5.92 Å². The van der Waals surface area contributed by atoms with Crippen molar-refractivity contribution in [2.75, 3.05) is 7.05 Å². The summed E-state index contributed by atoms with van der Waals surface area (Å²) in [7, 11) is 2.12. The molecule has 2 aliphatic rings. The molecule has 2 saturated carbocycles. The third-order valence-corrected chi connectivity index (χ3v) is 4.83. The molecule has 2 fully saturated rings. The standard InChI is InChI=1S/C17H25N/c1-18-17(15-9-10-15)11-8-13-4-2-7-16(12-13)14-5-3-6-14/h2,4,7,12,14-15,17-18H,3,5-6,8-11H2,1H3. The molecule has 0 spiro atoms. The Bertz CT molecular complexity index is 390. The molecule has 1 unspecified atom stereocenters. The lowest BCUT2D eigenvalue weighted by molar-refractivity contribution is 0.419. The fraction of sp³-hybridized carbons (Fsp3) is 0.647. The first-order valence-electron chi connectivity index (χ1n) is 7.63. The fourth-order valence-corrected chi connectivity index (χ4v) is 3.18. The van der Waals surface area contributed by atoms with Gasteiger partial charge in [-0.05, 0) is 68.5 Å². The van der Waals surface area contributed by atoms with Gasteiger partial charge in [-0.2, -0.15) is 0 Å². The molecule has 0 aliphatic heterocycles. The Labute approximate surface area is 111 Å². The molecule has 1 nitrogen and oxygen atoms in total. The van der Waals surface area contributed by atoms with Crippen LogP contribution in [0.5, 0.6) is 0 Å². The van der Waals surface area contributed by atoms with Crippen molar-refractivity contribution in [1.29, 1.82) is 0 Å². The van der Waals surface area contributed by atoms with E-state index in [1.165, 1.54) is 44.9 Å². The van der Waals surface area contributed by atoms with Crippen molar-refractivity contribution in [2.45, 2.75) is 56.9 Å². The summed E-state index contributed by atoms with van der Waals surface area (Å²) < 4.78 is 0. The smallest absolute Gasteiger partial charge is 0.00954 e. The number of aryl methyl sites for hydroxylation is 1. The van der Waals surface area contributed by atoms with E-state index in [2.05, 4.69) is 36.6 Å². The van der Waals surface area contributed by atoms with E-state index in [-0.39, 0.29) is 0 Å². The molecule has 1 N–H and O–H groups in total. The van der Waals surface area contributed by atoms with Gasteiger partial charge in [-0.1, -0.05) is 30.7 Å². The van der Waals surface area contributed by atoms with Gasteiger partial charge in [0.15, 0.2) is 0 Å². The highest BCUT2D eigenvalue weighted by molar-refractivity contribution is 5.27. The van der Waals surface area contributed by atoms with Crippen molar-refractivity contribution in [3.8, 4) is 0 Å². The number of hydrogen-bond acceptors (Lipinski definition) is 1. The summed E-state index contributed by atoms with van der Waals surface area (Å²) in [5, 5.41) is 3.49. The van der Waals surface area contributed by atoms with E-state index < -0.39 is 0 Å². The average molecular weight is 243 g/mol. The van der Waals surface area contributed by atoms with Crippen molar-refractivity contribution < 1.29 is 0 Å². The minimum atomic E-state index is 0.748. The molecule has 1 atom stereocenters. The fourth-order valence-electron chi connectivity index (χ4n) is 3.18. The number of rotatable bonds is 6. The van der Waals surface area contributed by atoms with Crippen LogP contribution in [0.3, 0.4) is 0 Å². The van der Waals surface area contributed by atoms with Crippen LogP contribution < -0.4 is 5.32 Å². The van der Waals surface area contributed by atoms with Crippen molar-refractivity contribution in [3.63, 3.8) is 0 Å². The molecule has 3 rings (SSSR count). The summed E-state index contributed by atoms with van der Waals surface area (Å²) in [6, 6.07) is 10.1. The van der Waals surface area contributed by atoms with Crippen molar-refractivity contribution in [2.24, 2.45) is 5.92 Å². The van der Waals surface area contributed by atoms with Gasteiger partial charge in [-0.3, -0.25) is 0 Å². The molecule has 0 aromatic heterocycles. The highest BCUT2D eigenvalue weighted by Gasteiger charge is 2.29. The van der Waals surface area contributed by atoms with E-state index in [9.17, 15) is 0 Å². The third kappa shape index (κ3) is 2.77. The van der Waals surface area contributed by atoms with Crippen molar-refractivity contribution >= 4 is 0 Å². The molecular formula is C17H25N. The Morgan fingerprint density at radius 2 is 2.06 bits per heavy atom. The zero-order valence-electron chi connectivity index (χ0n) is 11.5. The first kappa shape index (κ1) is 12.2. The number of nitrogens with one attached hydrogen (secondary N) is 1. The minimum Gasteiger partial charge on any atom is -0.317 e. The Morgan fingerprint density at radius 3 is 2.67 bits per heavy atom.